The number of hydrogen-bond acceptors (Lipinski definition) is 3. The van der Waals surface area contributed by atoms with Crippen molar-refractivity contribution < 1.29 is 9.90 Å². The molecule has 0 radical (unpaired) electrons. The van der Waals surface area contributed by atoms with Gasteiger partial charge in [-0.25, -0.2) is 0 Å². The van der Waals surface area contributed by atoms with Gasteiger partial charge in [0.05, 0.1) is 12.6 Å². The zero-order valence-electron chi connectivity index (χ0n) is 8.99. The van der Waals surface area contributed by atoms with Crippen molar-refractivity contribution in [2.24, 2.45) is 0 Å². The molecular weight excluding hydrogens is 180 g/mol. The monoisotopic (exact) mass is 200 g/mol. The predicted octanol–water partition coefficient (Wildman–Crippen LogP) is -0.0323. The number of aliphatic hydroxyl groups is 1. The highest BCUT2D eigenvalue weighted by Gasteiger charge is 2.25. The van der Waals surface area contributed by atoms with Crippen LogP contribution in [0.5, 0.6) is 0 Å². The minimum absolute atomic E-state index is 0.0894. The fourth-order valence-electron chi connectivity index (χ4n) is 1.71. The van der Waals surface area contributed by atoms with Crippen LogP contribution in [0.4, 0.5) is 0 Å². The maximum absolute atomic E-state index is 11.4. The SMILES string of the molecule is CCN(C)C(=O)CNC1CCCC1O. The molecule has 0 heterocycles. The molecule has 2 atom stereocenters. The first-order valence-electron chi connectivity index (χ1n) is 5.30. The minimum atomic E-state index is -0.269. The number of aliphatic hydroxyl groups excluding tert-OH is 1. The molecule has 2 N–H and O–H groups in total. The lowest BCUT2D eigenvalue weighted by Crippen LogP contribution is -2.42. The van der Waals surface area contributed by atoms with Crippen LogP contribution in [0.2, 0.25) is 0 Å². The Morgan fingerprint density at radius 1 is 1.57 bits per heavy atom. The molecule has 0 aromatic heterocycles. The van der Waals surface area contributed by atoms with Crippen molar-refractivity contribution in [3.63, 3.8) is 0 Å². The van der Waals surface area contributed by atoms with E-state index in [9.17, 15) is 9.90 Å². The van der Waals surface area contributed by atoms with Gasteiger partial charge >= 0.3 is 0 Å². The molecule has 82 valence electrons. The van der Waals surface area contributed by atoms with Gasteiger partial charge in [-0.05, 0) is 26.2 Å². The molecule has 0 saturated heterocycles. The molecule has 4 nitrogen and oxygen atoms in total. The van der Waals surface area contributed by atoms with Crippen LogP contribution in [-0.2, 0) is 4.79 Å². The average Bonchev–Trinajstić information content (AvgIpc) is 2.59. The van der Waals surface area contributed by atoms with Crippen LogP contribution in [0, 0.1) is 0 Å². The van der Waals surface area contributed by atoms with E-state index in [2.05, 4.69) is 5.32 Å². The van der Waals surface area contributed by atoms with Crippen LogP contribution in [0.25, 0.3) is 0 Å². The summed E-state index contributed by atoms with van der Waals surface area (Å²) in [4.78, 5) is 13.1. The first-order valence-corrected chi connectivity index (χ1v) is 5.30. The Bertz CT molecular complexity index is 197. The molecule has 4 heteroatoms. The van der Waals surface area contributed by atoms with Gasteiger partial charge in [-0.15, -0.1) is 0 Å². The summed E-state index contributed by atoms with van der Waals surface area (Å²) in [5, 5.41) is 12.6. The van der Waals surface area contributed by atoms with E-state index in [-0.39, 0.29) is 18.1 Å². The summed E-state index contributed by atoms with van der Waals surface area (Å²) in [7, 11) is 1.79. The molecular formula is C10H20N2O2. The molecule has 1 aliphatic rings. The summed E-state index contributed by atoms with van der Waals surface area (Å²) < 4.78 is 0. The van der Waals surface area contributed by atoms with Crippen molar-refractivity contribution in [2.75, 3.05) is 20.1 Å². The molecule has 14 heavy (non-hydrogen) atoms. The number of hydrogen-bond donors (Lipinski definition) is 2. The van der Waals surface area contributed by atoms with E-state index in [4.69, 9.17) is 0 Å². The van der Waals surface area contributed by atoms with E-state index in [1.165, 1.54) is 0 Å². The summed E-state index contributed by atoms with van der Waals surface area (Å²) >= 11 is 0. The van der Waals surface area contributed by atoms with Crippen molar-refractivity contribution in [2.45, 2.75) is 38.3 Å². The molecule has 2 unspecified atom stereocenters. The summed E-state index contributed by atoms with van der Waals surface area (Å²) in [5.41, 5.74) is 0. The Morgan fingerprint density at radius 2 is 2.29 bits per heavy atom. The summed E-state index contributed by atoms with van der Waals surface area (Å²) in [6.45, 7) is 3.02. The smallest absolute Gasteiger partial charge is 0.236 e. The molecule has 1 fully saturated rings. The third-order valence-electron chi connectivity index (χ3n) is 2.90. The predicted molar refractivity (Wildman–Crippen MR) is 55.0 cm³/mol. The highest BCUT2D eigenvalue weighted by atomic mass is 16.3. The standard InChI is InChI=1S/C10H20N2O2/c1-3-12(2)10(14)7-11-8-5-4-6-9(8)13/h8-9,11,13H,3-7H2,1-2H3. The fourth-order valence-corrected chi connectivity index (χ4v) is 1.71. The first-order chi connectivity index (χ1) is 6.65. The lowest BCUT2D eigenvalue weighted by atomic mass is 10.2. The van der Waals surface area contributed by atoms with Gasteiger partial charge in [0.2, 0.25) is 5.91 Å². The maximum atomic E-state index is 11.4. The number of nitrogens with one attached hydrogen (secondary N) is 1. The topological polar surface area (TPSA) is 52.6 Å². The number of carbonyl (C=O) groups excluding carboxylic acids is 1. The van der Waals surface area contributed by atoms with Crippen molar-refractivity contribution in [3.8, 4) is 0 Å². The zero-order valence-corrected chi connectivity index (χ0v) is 8.99. The zero-order chi connectivity index (χ0) is 10.6. The van der Waals surface area contributed by atoms with Gasteiger partial charge in [0.1, 0.15) is 0 Å². The van der Waals surface area contributed by atoms with E-state index >= 15 is 0 Å². The van der Waals surface area contributed by atoms with Crippen molar-refractivity contribution in [1.29, 1.82) is 0 Å². The second-order valence-corrected chi connectivity index (χ2v) is 3.89. The third kappa shape index (κ3) is 2.96. The number of carbonyl (C=O) groups is 1. The van der Waals surface area contributed by atoms with Crippen LogP contribution >= 0.6 is 0 Å². The van der Waals surface area contributed by atoms with Gasteiger partial charge in [0.25, 0.3) is 0 Å². The Morgan fingerprint density at radius 3 is 2.79 bits per heavy atom. The van der Waals surface area contributed by atoms with Crippen molar-refractivity contribution in [3.05, 3.63) is 0 Å². The van der Waals surface area contributed by atoms with Gasteiger partial charge in [-0.2, -0.15) is 0 Å². The van der Waals surface area contributed by atoms with Crippen LogP contribution < -0.4 is 5.32 Å². The van der Waals surface area contributed by atoms with E-state index < -0.39 is 0 Å². The Labute approximate surface area is 85.3 Å². The first kappa shape index (κ1) is 11.5. The molecule has 0 aromatic carbocycles. The summed E-state index contributed by atoms with van der Waals surface area (Å²) in [5.74, 6) is 0.0894. The number of amides is 1. The van der Waals surface area contributed by atoms with Gasteiger partial charge in [0.15, 0.2) is 0 Å². The lowest BCUT2D eigenvalue weighted by molar-refractivity contribution is -0.128. The highest BCUT2D eigenvalue weighted by molar-refractivity contribution is 5.77. The largest absolute Gasteiger partial charge is 0.392 e. The molecule has 0 bridgehead atoms. The molecule has 0 spiro atoms. The summed E-state index contributed by atoms with van der Waals surface area (Å²) in [6, 6.07) is 0.115. The van der Waals surface area contributed by atoms with Gasteiger partial charge in [-0.3, -0.25) is 4.79 Å². The highest BCUT2D eigenvalue weighted by Crippen LogP contribution is 2.18. The average molecular weight is 200 g/mol. The van der Waals surface area contributed by atoms with E-state index in [1.54, 1.807) is 11.9 Å². The molecule has 1 amide bonds. The number of rotatable bonds is 4. The van der Waals surface area contributed by atoms with Crippen LogP contribution in [0.15, 0.2) is 0 Å². The molecule has 1 saturated carbocycles. The molecule has 0 aliphatic heterocycles. The molecule has 0 aromatic rings. The molecule has 1 rings (SSSR count). The van der Waals surface area contributed by atoms with E-state index in [1.807, 2.05) is 6.92 Å². The van der Waals surface area contributed by atoms with Crippen LogP contribution in [0.1, 0.15) is 26.2 Å². The van der Waals surface area contributed by atoms with E-state index in [0.29, 0.717) is 6.54 Å². The van der Waals surface area contributed by atoms with Crippen LogP contribution in [0.3, 0.4) is 0 Å². The quantitative estimate of drug-likeness (QED) is 0.670. The lowest BCUT2D eigenvalue weighted by Gasteiger charge is -2.19. The minimum Gasteiger partial charge on any atom is -0.392 e. The van der Waals surface area contributed by atoms with Gasteiger partial charge < -0.3 is 15.3 Å². The summed E-state index contributed by atoms with van der Waals surface area (Å²) in [6.07, 6.45) is 2.62. The molecule has 1 aliphatic carbocycles. The van der Waals surface area contributed by atoms with E-state index in [0.717, 1.165) is 25.8 Å². The number of likely N-dealkylation sites (N-methyl/N-ethyl adjacent to an activating group) is 1. The van der Waals surface area contributed by atoms with Crippen LogP contribution in [-0.4, -0.2) is 48.2 Å². The van der Waals surface area contributed by atoms with Crippen molar-refractivity contribution >= 4 is 5.91 Å². The normalized spacial score (nSPS) is 26.5. The number of nitrogens with zero attached hydrogens (tertiary/aromatic N) is 1. The Balaban J connectivity index is 2.22. The third-order valence-corrected chi connectivity index (χ3v) is 2.90. The maximum Gasteiger partial charge on any atom is 0.236 e. The van der Waals surface area contributed by atoms with Gasteiger partial charge in [0, 0.05) is 19.6 Å². The van der Waals surface area contributed by atoms with Crippen molar-refractivity contribution in [1.82, 2.24) is 10.2 Å². The fraction of sp³-hybridized carbons (Fsp3) is 0.900. The Kier molecular flexibility index (Phi) is 4.35. The second-order valence-electron chi connectivity index (χ2n) is 3.89. The van der Waals surface area contributed by atoms with Gasteiger partial charge in [-0.1, -0.05) is 0 Å². The second kappa shape index (κ2) is 5.32. The Hall–Kier alpha value is -0.610.